The average molecular weight is 457 g/mol. The molecule has 0 saturated heterocycles. The van der Waals surface area contributed by atoms with Crippen molar-refractivity contribution in [2.75, 3.05) is 13.1 Å². The van der Waals surface area contributed by atoms with Crippen LogP contribution in [0.15, 0.2) is 41.4 Å². The van der Waals surface area contributed by atoms with Gasteiger partial charge in [0.15, 0.2) is 5.96 Å². The van der Waals surface area contributed by atoms with E-state index < -0.39 is 0 Å². The van der Waals surface area contributed by atoms with Crippen molar-refractivity contribution in [1.29, 1.82) is 0 Å². The highest BCUT2D eigenvalue weighted by Gasteiger charge is 2.22. The number of halogens is 1. The van der Waals surface area contributed by atoms with Crippen LogP contribution in [0.25, 0.3) is 0 Å². The highest BCUT2D eigenvalue weighted by Crippen LogP contribution is 2.27. The summed E-state index contributed by atoms with van der Waals surface area (Å²) in [4.78, 5) is 7.26. The number of benzene rings is 1. The van der Waals surface area contributed by atoms with Crippen LogP contribution in [0.2, 0.25) is 0 Å². The predicted octanol–water partition coefficient (Wildman–Crippen LogP) is 3.73. The van der Waals surface area contributed by atoms with Crippen LogP contribution in [-0.2, 0) is 13.0 Å². The lowest BCUT2D eigenvalue weighted by Crippen LogP contribution is -2.42. The van der Waals surface area contributed by atoms with Gasteiger partial charge in [0.1, 0.15) is 11.9 Å². The SMILES string of the molecule is CCNC(=NCc1ccc(C)s1)NCC1Cc2ccccc2O1.I. The fourth-order valence-electron chi connectivity index (χ4n) is 2.65. The van der Waals surface area contributed by atoms with E-state index in [4.69, 9.17) is 4.74 Å². The fourth-order valence-corrected chi connectivity index (χ4v) is 3.46. The Morgan fingerprint density at radius 1 is 1.25 bits per heavy atom. The van der Waals surface area contributed by atoms with Crippen molar-refractivity contribution >= 4 is 41.3 Å². The molecule has 0 bridgehead atoms. The van der Waals surface area contributed by atoms with E-state index in [1.165, 1.54) is 15.3 Å². The molecule has 0 saturated carbocycles. The molecule has 1 unspecified atom stereocenters. The molecule has 24 heavy (non-hydrogen) atoms. The zero-order valence-electron chi connectivity index (χ0n) is 14.0. The van der Waals surface area contributed by atoms with Gasteiger partial charge in [0, 0.05) is 22.7 Å². The van der Waals surface area contributed by atoms with Crippen molar-refractivity contribution in [3.05, 3.63) is 51.7 Å². The summed E-state index contributed by atoms with van der Waals surface area (Å²) in [5.41, 5.74) is 1.29. The molecule has 4 nitrogen and oxygen atoms in total. The molecule has 3 rings (SSSR count). The van der Waals surface area contributed by atoms with Gasteiger partial charge in [-0.1, -0.05) is 18.2 Å². The number of hydrogen-bond acceptors (Lipinski definition) is 3. The Morgan fingerprint density at radius 2 is 2.08 bits per heavy atom. The molecule has 6 heteroatoms. The third kappa shape index (κ3) is 5.11. The topological polar surface area (TPSA) is 45.7 Å². The van der Waals surface area contributed by atoms with E-state index in [0.29, 0.717) is 6.54 Å². The summed E-state index contributed by atoms with van der Waals surface area (Å²) >= 11 is 1.80. The summed E-state index contributed by atoms with van der Waals surface area (Å²) < 4.78 is 5.96. The van der Waals surface area contributed by atoms with E-state index >= 15 is 0 Å². The van der Waals surface area contributed by atoms with Gasteiger partial charge in [0.05, 0.1) is 13.1 Å². The van der Waals surface area contributed by atoms with Crippen LogP contribution in [0.1, 0.15) is 22.2 Å². The first kappa shape index (κ1) is 19.1. The molecular formula is C18H24IN3OS. The van der Waals surface area contributed by atoms with E-state index in [1.807, 2.05) is 12.1 Å². The summed E-state index contributed by atoms with van der Waals surface area (Å²) in [5.74, 6) is 1.86. The van der Waals surface area contributed by atoms with Crippen LogP contribution < -0.4 is 15.4 Å². The molecule has 0 aliphatic carbocycles. The fraction of sp³-hybridized carbons (Fsp3) is 0.389. The van der Waals surface area contributed by atoms with Crippen LogP contribution in [-0.4, -0.2) is 25.2 Å². The van der Waals surface area contributed by atoms with Crippen molar-refractivity contribution in [3.63, 3.8) is 0 Å². The number of fused-ring (bicyclic) bond motifs is 1. The molecule has 2 aromatic rings. The lowest BCUT2D eigenvalue weighted by atomic mass is 10.1. The van der Waals surface area contributed by atoms with Gasteiger partial charge in [-0.3, -0.25) is 0 Å². The maximum atomic E-state index is 5.96. The molecule has 2 heterocycles. The summed E-state index contributed by atoms with van der Waals surface area (Å²) in [6.45, 7) is 6.51. The lowest BCUT2D eigenvalue weighted by molar-refractivity contribution is 0.235. The molecule has 2 N–H and O–H groups in total. The highest BCUT2D eigenvalue weighted by molar-refractivity contribution is 14.0. The first-order valence-corrected chi connectivity index (χ1v) is 8.88. The minimum Gasteiger partial charge on any atom is -0.488 e. The van der Waals surface area contributed by atoms with Crippen molar-refractivity contribution in [2.24, 2.45) is 4.99 Å². The first-order valence-electron chi connectivity index (χ1n) is 8.06. The third-order valence-corrected chi connectivity index (χ3v) is 4.73. The van der Waals surface area contributed by atoms with Gasteiger partial charge < -0.3 is 15.4 Å². The Morgan fingerprint density at radius 3 is 2.79 bits per heavy atom. The van der Waals surface area contributed by atoms with Gasteiger partial charge >= 0.3 is 0 Å². The van der Waals surface area contributed by atoms with Crippen molar-refractivity contribution < 1.29 is 4.74 Å². The van der Waals surface area contributed by atoms with E-state index in [0.717, 1.165) is 31.2 Å². The second-order valence-electron chi connectivity index (χ2n) is 5.64. The second kappa shape index (κ2) is 9.27. The number of para-hydroxylation sites is 1. The number of ether oxygens (including phenoxy) is 1. The standard InChI is InChI=1S/C18H23N3OS.HI/c1-3-19-18(21-12-16-9-8-13(2)23-16)20-11-15-10-14-6-4-5-7-17(14)22-15;/h4-9,15H,3,10-12H2,1-2H3,(H2,19,20,21);1H. The number of hydrogen-bond donors (Lipinski definition) is 2. The molecule has 1 aromatic heterocycles. The molecule has 1 aliphatic heterocycles. The first-order chi connectivity index (χ1) is 11.2. The normalized spacial score (nSPS) is 16.1. The minimum absolute atomic E-state index is 0. The maximum Gasteiger partial charge on any atom is 0.191 e. The number of nitrogens with zero attached hydrogens (tertiary/aromatic N) is 1. The smallest absolute Gasteiger partial charge is 0.191 e. The number of aryl methyl sites for hydroxylation is 1. The van der Waals surface area contributed by atoms with Crippen LogP contribution >= 0.6 is 35.3 Å². The van der Waals surface area contributed by atoms with Crippen LogP contribution in [0.4, 0.5) is 0 Å². The zero-order chi connectivity index (χ0) is 16.1. The zero-order valence-corrected chi connectivity index (χ0v) is 17.2. The molecule has 1 atom stereocenters. The lowest BCUT2D eigenvalue weighted by Gasteiger charge is -2.15. The molecule has 0 amide bonds. The summed E-state index contributed by atoms with van der Waals surface area (Å²) in [6, 6.07) is 12.5. The average Bonchev–Trinajstić information content (AvgIpc) is 3.15. The summed E-state index contributed by atoms with van der Waals surface area (Å²) in [5, 5.41) is 6.69. The summed E-state index contributed by atoms with van der Waals surface area (Å²) in [7, 11) is 0. The highest BCUT2D eigenvalue weighted by atomic mass is 127. The van der Waals surface area contributed by atoms with Crippen LogP contribution in [0.5, 0.6) is 5.75 Å². The van der Waals surface area contributed by atoms with Gasteiger partial charge in [-0.05, 0) is 37.6 Å². The van der Waals surface area contributed by atoms with E-state index in [1.54, 1.807) is 11.3 Å². The maximum absolute atomic E-state index is 5.96. The molecule has 0 radical (unpaired) electrons. The monoisotopic (exact) mass is 457 g/mol. The number of aliphatic imine (C=N–C) groups is 1. The van der Waals surface area contributed by atoms with Crippen molar-refractivity contribution in [2.45, 2.75) is 32.9 Å². The largest absolute Gasteiger partial charge is 0.488 e. The molecule has 1 aliphatic rings. The number of guanidine groups is 1. The van der Waals surface area contributed by atoms with E-state index in [2.05, 4.69) is 53.7 Å². The van der Waals surface area contributed by atoms with Crippen LogP contribution in [0.3, 0.4) is 0 Å². The van der Waals surface area contributed by atoms with Gasteiger partial charge in [-0.25, -0.2) is 4.99 Å². The predicted molar refractivity (Wildman–Crippen MR) is 112 cm³/mol. The van der Waals surface area contributed by atoms with E-state index in [9.17, 15) is 0 Å². The van der Waals surface area contributed by atoms with Crippen molar-refractivity contribution in [1.82, 2.24) is 10.6 Å². The molecular weight excluding hydrogens is 433 g/mol. The van der Waals surface area contributed by atoms with Gasteiger partial charge in [0.2, 0.25) is 0 Å². The number of nitrogens with one attached hydrogen (secondary N) is 2. The van der Waals surface area contributed by atoms with Crippen LogP contribution in [0, 0.1) is 6.92 Å². The van der Waals surface area contributed by atoms with Gasteiger partial charge in [0.25, 0.3) is 0 Å². The molecule has 130 valence electrons. The second-order valence-corrected chi connectivity index (χ2v) is 7.01. The Hall–Kier alpha value is -1.28. The Bertz CT molecular complexity index is 661. The molecule has 0 spiro atoms. The quantitative estimate of drug-likeness (QED) is 0.409. The minimum atomic E-state index is 0. The third-order valence-electron chi connectivity index (χ3n) is 3.74. The van der Waals surface area contributed by atoms with Gasteiger partial charge in [-0.15, -0.1) is 35.3 Å². The van der Waals surface area contributed by atoms with E-state index in [-0.39, 0.29) is 30.1 Å². The van der Waals surface area contributed by atoms with Crippen molar-refractivity contribution in [3.8, 4) is 5.75 Å². The Labute approximate surface area is 164 Å². The molecule has 1 aromatic carbocycles. The summed E-state index contributed by atoms with van der Waals surface area (Å²) in [6.07, 6.45) is 1.12. The number of thiophene rings is 1. The Balaban J connectivity index is 0.00000208. The number of rotatable bonds is 5. The van der Waals surface area contributed by atoms with Gasteiger partial charge in [-0.2, -0.15) is 0 Å². The Kier molecular flexibility index (Phi) is 7.36. The molecule has 0 fully saturated rings.